The number of rotatable bonds is 5. The van der Waals surface area contributed by atoms with Crippen molar-refractivity contribution in [3.63, 3.8) is 0 Å². The molecule has 2 N–H and O–H groups in total. The number of hydrogen-bond donors (Lipinski definition) is 2. The third-order valence-corrected chi connectivity index (χ3v) is 2.51. The molecule has 0 bridgehead atoms. The number of nitro groups is 1. The summed E-state index contributed by atoms with van der Waals surface area (Å²) in [4.78, 5) is 20.6. The van der Waals surface area contributed by atoms with E-state index in [2.05, 4.69) is 0 Å². The molecule has 6 heteroatoms. The van der Waals surface area contributed by atoms with Gasteiger partial charge in [-0.25, -0.2) is 4.79 Å². The number of carboxylic acid groups (broad SMARTS) is 1. The minimum atomic E-state index is -1.78. The predicted molar refractivity (Wildman–Crippen MR) is 59.7 cm³/mol. The fourth-order valence-corrected chi connectivity index (χ4v) is 1.28. The fraction of sp³-hybridized carbons (Fsp3) is 0.364. The molecule has 0 aliphatic rings. The van der Waals surface area contributed by atoms with Gasteiger partial charge in [0.05, 0.1) is 4.92 Å². The Morgan fingerprint density at radius 3 is 2.35 bits per heavy atom. The summed E-state index contributed by atoms with van der Waals surface area (Å²) in [6, 6.07) is 5.81. The van der Waals surface area contributed by atoms with Crippen LogP contribution >= 0.6 is 0 Å². The molecule has 0 aliphatic carbocycles. The summed E-state index contributed by atoms with van der Waals surface area (Å²) < 4.78 is 0. The summed E-state index contributed by atoms with van der Waals surface area (Å²) in [5, 5.41) is 28.6. The van der Waals surface area contributed by atoms with Gasteiger partial charge in [0.25, 0.3) is 5.69 Å². The monoisotopic (exact) mass is 239 g/mol. The highest BCUT2D eigenvalue weighted by atomic mass is 16.6. The topological polar surface area (TPSA) is 101 Å². The largest absolute Gasteiger partial charge is 0.479 e. The minimum absolute atomic E-state index is 0.0151. The van der Waals surface area contributed by atoms with Crippen molar-refractivity contribution in [2.45, 2.75) is 25.4 Å². The number of non-ortho nitro benzene ring substituents is 1. The normalized spacial score (nSPS) is 14.0. The summed E-state index contributed by atoms with van der Waals surface area (Å²) in [6.45, 7) is 1.22. The number of benzene rings is 1. The summed E-state index contributed by atoms with van der Waals surface area (Å²) in [5.41, 5.74) is -1.04. The van der Waals surface area contributed by atoms with Crippen molar-refractivity contribution in [3.8, 4) is 0 Å². The number of aliphatic hydroxyl groups is 1. The molecule has 0 saturated heterocycles. The first kappa shape index (κ1) is 13.1. The van der Waals surface area contributed by atoms with Gasteiger partial charge in [-0.1, -0.05) is 12.1 Å². The van der Waals surface area contributed by atoms with Crippen LogP contribution in [0.15, 0.2) is 24.3 Å². The van der Waals surface area contributed by atoms with Crippen LogP contribution in [-0.2, 0) is 11.2 Å². The third-order valence-electron chi connectivity index (χ3n) is 2.51. The summed E-state index contributed by atoms with van der Waals surface area (Å²) in [7, 11) is 0. The van der Waals surface area contributed by atoms with Crippen LogP contribution in [0.4, 0.5) is 5.69 Å². The van der Waals surface area contributed by atoms with Gasteiger partial charge in [-0.2, -0.15) is 0 Å². The highest BCUT2D eigenvalue weighted by Gasteiger charge is 2.29. The average molecular weight is 239 g/mol. The second-order valence-electron chi connectivity index (χ2n) is 4.00. The molecule has 0 amide bonds. The van der Waals surface area contributed by atoms with Crippen LogP contribution in [0.2, 0.25) is 0 Å². The SMILES string of the molecule is CC(O)(CCc1ccc([N+](=O)[O-])cc1)C(=O)O. The minimum Gasteiger partial charge on any atom is -0.479 e. The maximum Gasteiger partial charge on any atom is 0.335 e. The summed E-state index contributed by atoms with van der Waals surface area (Å²) in [5.74, 6) is -1.28. The lowest BCUT2D eigenvalue weighted by Gasteiger charge is -2.17. The quantitative estimate of drug-likeness (QED) is 0.596. The molecular formula is C11H13NO5. The smallest absolute Gasteiger partial charge is 0.335 e. The van der Waals surface area contributed by atoms with Crippen molar-refractivity contribution < 1.29 is 19.9 Å². The molecule has 0 spiro atoms. The first-order valence-electron chi connectivity index (χ1n) is 5.02. The van der Waals surface area contributed by atoms with Crippen molar-refractivity contribution in [1.29, 1.82) is 0 Å². The average Bonchev–Trinajstić information content (AvgIpc) is 2.27. The Hall–Kier alpha value is -1.95. The van der Waals surface area contributed by atoms with E-state index in [-0.39, 0.29) is 12.1 Å². The molecule has 1 aromatic rings. The van der Waals surface area contributed by atoms with Crippen LogP contribution < -0.4 is 0 Å². The van der Waals surface area contributed by atoms with Gasteiger partial charge in [-0.3, -0.25) is 10.1 Å². The van der Waals surface area contributed by atoms with E-state index >= 15 is 0 Å². The summed E-state index contributed by atoms with van der Waals surface area (Å²) >= 11 is 0. The molecule has 1 unspecified atom stereocenters. The lowest BCUT2D eigenvalue weighted by molar-refractivity contribution is -0.384. The van der Waals surface area contributed by atoms with Crippen LogP contribution in [0, 0.1) is 10.1 Å². The number of carboxylic acids is 1. The predicted octanol–water partition coefficient (Wildman–Crippen LogP) is 1.36. The van der Waals surface area contributed by atoms with Gasteiger partial charge in [0.2, 0.25) is 0 Å². The number of nitrogens with zero attached hydrogens (tertiary/aromatic N) is 1. The fourth-order valence-electron chi connectivity index (χ4n) is 1.28. The first-order valence-corrected chi connectivity index (χ1v) is 5.02. The number of aliphatic carboxylic acids is 1. The van der Waals surface area contributed by atoms with E-state index in [4.69, 9.17) is 5.11 Å². The standard InChI is InChI=1S/C11H13NO5/c1-11(15,10(13)14)7-6-8-2-4-9(5-3-8)12(16)17/h2-5,15H,6-7H2,1H3,(H,13,14). The molecular weight excluding hydrogens is 226 g/mol. The van der Waals surface area contributed by atoms with E-state index < -0.39 is 16.5 Å². The second-order valence-corrected chi connectivity index (χ2v) is 4.00. The highest BCUT2D eigenvalue weighted by molar-refractivity contribution is 5.76. The molecule has 92 valence electrons. The van der Waals surface area contributed by atoms with Crippen LogP contribution in [-0.4, -0.2) is 26.7 Å². The van der Waals surface area contributed by atoms with Gasteiger partial charge in [-0.05, 0) is 25.3 Å². The molecule has 6 nitrogen and oxygen atoms in total. The molecule has 0 aliphatic heterocycles. The van der Waals surface area contributed by atoms with Crippen molar-refractivity contribution in [2.24, 2.45) is 0 Å². The van der Waals surface area contributed by atoms with E-state index in [0.717, 1.165) is 5.56 Å². The summed E-state index contributed by atoms with van der Waals surface area (Å²) in [6.07, 6.45) is 0.400. The molecule has 1 atom stereocenters. The highest BCUT2D eigenvalue weighted by Crippen LogP contribution is 2.17. The van der Waals surface area contributed by atoms with Crippen molar-refractivity contribution in [3.05, 3.63) is 39.9 Å². The molecule has 0 aromatic heterocycles. The maximum atomic E-state index is 10.6. The van der Waals surface area contributed by atoms with Gasteiger partial charge in [-0.15, -0.1) is 0 Å². The van der Waals surface area contributed by atoms with Crippen LogP contribution in [0.5, 0.6) is 0 Å². The number of aryl methyl sites for hydroxylation is 1. The molecule has 0 heterocycles. The van der Waals surface area contributed by atoms with E-state index in [1.165, 1.54) is 19.1 Å². The Kier molecular flexibility index (Phi) is 3.80. The van der Waals surface area contributed by atoms with Crippen LogP contribution in [0.3, 0.4) is 0 Å². The Labute approximate surface area is 97.7 Å². The lowest BCUT2D eigenvalue weighted by Crippen LogP contribution is -2.35. The molecule has 0 radical (unpaired) electrons. The third kappa shape index (κ3) is 3.53. The van der Waals surface area contributed by atoms with E-state index in [1.54, 1.807) is 12.1 Å². The Morgan fingerprint density at radius 2 is 1.94 bits per heavy atom. The zero-order valence-electron chi connectivity index (χ0n) is 9.29. The maximum absolute atomic E-state index is 10.6. The Morgan fingerprint density at radius 1 is 1.41 bits per heavy atom. The van der Waals surface area contributed by atoms with Gasteiger partial charge in [0.1, 0.15) is 0 Å². The second kappa shape index (κ2) is 4.92. The van der Waals surface area contributed by atoms with Gasteiger partial charge in [0.15, 0.2) is 5.60 Å². The van der Waals surface area contributed by atoms with Crippen molar-refractivity contribution in [2.75, 3.05) is 0 Å². The van der Waals surface area contributed by atoms with Gasteiger partial charge >= 0.3 is 5.97 Å². The number of nitro benzene ring substituents is 1. The van der Waals surface area contributed by atoms with E-state index in [1.807, 2.05) is 0 Å². The van der Waals surface area contributed by atoms with Crippen molar-refractivity contribution >= 4 is 11.7 Å². The molecule has 17 heavy (non-hydrogen) atoms. The van der Waals surface area contributed by atoms with Gasteiger partial charge < -0.3 is 10.2 Å². The molecule has 1 rings (SSSR count). The molecule has 1 aromatic carbocycles. The Balaban J connectivity index is 2.65. The molecule has 0 saturated carbocycles. The number of carbonyl (C=O) groups is 1. The van der Waals surface area contributed by atoms with E-state index in [9.17, 15) is 20.0 Å². The van der Waals surface area contributed by atoms with Crippen LogP contribution in [0.25, 0.3) is 0 Å². The van der Waals surface area contributed by atoms with Crippen molar-refractivity contribution in [1.82, 2.24) is 0 Å². The first-order chi connectivity index (χ1) is 7.83. The zero-order valence-corrected chi connectivity index (χ0v) is 9.29. The van der Waals surface area contributed by atoms with E-state index in [0.29, 0.717) is 6.42 Å². The molecule has 0 fully saturated rings. The van der Waals surface area contributed by atoms with Crippen LogP contribution in [0.1, 0.15) is 18.9 Å². The lowest BCUT2D eigenvalue weighted by atomic mass is 9.97. The Bertz CT molecular complexity index is 424. The zero-order chi connectivity index (χ0) is 13.1. The number of hydrogen-bond acceptors (Lipinski definition) is 4. The van der Waals surface area contributed by atoms with Gasteiger partial charge in [0, 0.05) is 12.1 Å².